The topological polar surface area (TPSA) is 79.5 Å². The molecule has 5 nitrogen and oxygen atoms in total. The summed E-state index contributed by atoms with van der Waals surface area (Å²) in [7, 11) is 0. The summed E-state index contributed by atoms with van der Waals surface area (Å²) in [4.78, 5) is 16.4. The molecule has 0 aliphatic carbocycles. The zero-order valence-corrected chi connectivity index (χ0v) is 10.0. The summed E-state index contributed by atoms with van der Waals surface area (Å²) < 4.78 is 0. The minimum Gasteiger partial charge on any atom is -0.465 e. The number of nitrogen functional groups attached to an aromatic ring is 1. The molecule has 1 aromatic heterocycles. The van der Waals surface area contributed by atoms with Gasteiger partial charge in [-0.1, -0.05) is 11.6 Å². The van der Waals surface area contributed by atoms with E-state index in [4.69, 9.17) is 22.4 Å². The van der Waals surface area contributed by atoms with Gasteiger partial charge in [0.1, 0.15) is 0 Å². The van der Waals surface area contributed by atoms with Crippen LogP contribution in [0.2, 0.25) is 5.02 Å². The molecule has 0 atom stereocenters. The number of aromatic nitrogens is 1. The highest BCUT2D eigenvalue weighted by atomic mass is 35.5. The molecule has 0 bridgehead atoms. The standard InChI is InChI=1S/C11H14ClN3O2/c12-8-5-9(13)10(14-6-8)7-1-3-15(4-2-7)11(16)17/h5-7H,1-4,13H2,(H,16,17). The third-order valence-electron chi connectivity index (χ3n) is 3.07. The van der Waals surface area contributed by atoms with Gasteiger partial charge in [-0.3, -0.25) is 4.98 Å². The van der Waals surface area contributed by atoms with Gasteiger partial charge in [0.15, 0.2) is 0 Å². The van der Waals surface area contributed by atoms with Gasteiger partial charge in [0.2, 0.25) is 0 Å². The van der Waals surface area contributed by atoms with Crippen molar-refractivity contribution >= 4 is 23.4 Å². The first-order valence-electron chi connectivity index (χ1n) is 5.46. The largest absolute Gasteiger partial charge is 0.465 e. The van der Waals surface area contributed by atoms with Crippen molar-refractivity contribution in [1.82, 2.24) is 9.88 Å². The van der Waals surface area contributed by atoms with Gasteiger partial charge in [-0.15, -0.1) is 0 Å². The first kappa shape index (κ1) is 12.0. The molecule has 0 unspecified atom stereocenters. The van der Waals surface area contributed by atoms with Crippen LogP contribution in [0.15, 0.2) is 12.3 Å². The Morgan fingerprint density at radius 1 is 1.53 bits per heavy atom. The average Bonchev–Trinajstić information content (AvgIpc) is 2.29. The van der Waals surface area contributed by atoms with Crippen molar-refractivity contribution in [1.29, 1.82) is 0 Å². The van der Waals surface area contributed by atoms with Gasteiger partial charge in [0, 0.05) is 25.2 Å². The van der Waals surface area contributed by atoms with E-state index in [1.54, 1.807) is 12.3 Å². The maximum Gasteiger partial charge on any atom is 0.407 e. The molecule has 6 heteroatoms. The maximum atomic E-state index is 10.8. The highest BCUT2D eigenvalue weighted by Gasteiger charge is 2.25. The molecule has 0 aromatic carbocycles. The summed E-state index contributed by atoms with van der Waals surface area (Å²) in [5.74, 6) is 0.225. The van der Waals surface area contributed by atoms with Crippen LogP contribution in [0.3, 0.4) is 0 Å². The molecule has 2 heterocycles. The fraction of sp³-hybridized carbons (Fsp3) is 0.455. The number of rotatable bonds is 1. The molecular formula is C11H14ClN3O2. The van der Waals surface area contributed by atoms with Crippen molar-refractivity contribution in [3.63, 3.8) is 0 Å². The smallest absolute Gasteiger partial charge is 0.407 e. The first-order valence-corrected chi connectivity index (χ1v) is 5.84. The summed E-state index contributed by atoms with van der Waals surface area (Å²) in [6.45, 7) is 1.06. The zero-order chi connectivity index (χ0) is 12.4. The van der Waals surface area contributed by atoms with Gasteiger partial charge in [-0.25, -0.2) is 4.79 Å². The summed E-state index contributed by atoms with van der Waals surface area (Å²) in [5, 5.41) is 9.38. The van der Waals surface area contributed by atoms with Crippen molar-refractivity contribution in [3.05, 3.63) is 23.0 Å². The molecule has 1 aliphatic heterocycles. The van der Waals surface area contributed by atoms with Crippen LogP contribution in [0.5, 0.6) is 0 Å². The maximum absolute atomic E-state index is 10.8. The fourth-order valence-electron chi connectivity index (χ4n) is 2.15. The van der Waals surface area contributed by atoms with Crippen LogP contribution in [0, 0.1) is 0 Å². The number of nitrogens with zero attached hydrogens (tertiary/aromatic N) is 2. The van der Waals surface area contributed by atoms with E-state index in [0.29, 0.717) is 23.8 Å². The molecule has 0 saturated carbocycles. The quantitative estimate of drug-likeness (QED) is 0.806. The molecule has 1 saturated heterocycles. The van der Waals surface area contributed by atoms with Gasteiger partial charge < -0.3 is 15.7 Å². The minimum atomic E-state index is -0.861. The zero-order valence-electron chi connectivity index (χ0n) is 9.27. The lowest BCUT2D eigenvalue weighted by Gasteiger charge is -2.30. The lowest BCUT2D eigenvalue weighted by atomic mass is 9.92. The number of carboxylic acid groups (broad SMARTS) is 1. The lowest BCUT2D eigenvalue weighted by Crippen LogP contribution is -2.37. The number of pyridine rings is 1. The third-order valence-corrected chi connectivity index (χ3v) is 3.27. The predicted molar refractivity (Wildman–Crippen MR) is 65.2 cm³/mol. The molecule has 92 valence electrons. The number of hydrogen-bond donors (Lipinski definition) is 2. The summed E-state index contributed by atoms with van der Waals surface area (Å²) in [5.41, 5.74) is 7.29. The Bertz CT molecular complexity index is 431. The third kappa shape index (κ3) is 2.61. The van der Waals surface area contributed by atoms with Crippen LogP contribution in [0.1, 0.15) is 24.5 Å². The molecule has 1 aromatic rings. The van der Waals surface area contributed by atoms with Crippen molar-refractivity contribution in [2.24, 2.45) is 0 Å². The number of likely N-dealkylation sites (tertiary alicyclic amines) is 1. The highest BCUT2D eigenvalue weighted by molar-refractivity contribution is 6.30. The van der Waals surface area contributed by atoms with E-state index in [9.17, 15) is 4.79 Å². The predicted octanol–water partition coefficient (Wildman–Crippen LogP) is 2.17. The van der Waals surface area contributed by atoms with E-state index >= 15 is 0 Å². The molecule has 1 amide bonds. The number of piperidine rings is 1. The van der Waals surface area contributed by atoms with E-state index in [1.165, 1.54) is 4.90 Å². The van der Waals surface area contributed by atoms with Gasteiger partial charge in [-0.2, -0.15) is 0 Å². The normalized spacial score (nSPS) is 17.1. The van der Waals surface area contributed by atoms with Gasteiger partial charge in [0.25, 0.3) is 0 Å². The lowest BCUT2D eigenvalue weighted by molar-refractivity contribution is 0.132. The molecule has 3 N–H and O–H groups in total. The Labute approximate surface area is 104 Å². The second-order valence-electron chi connectivity index (χ2n) is 4.17. The van der Waals surface area contributed by atoms with Gasteiger partial charge in [-0.05, 0) is 18.9 Å². The second kappa shape index (κ2) is 4.79. The number of carbonyl (C=O) groups is 1. The van der Waals surface area contributed by atoms with E-state index in [-0.39, 0.29) is 5.92 Å². The SMILES string of the molecule is Nc1cc(Cl)cnc1C1CCN(C(=O)O)CC1. The molecular weight excluding hydrogens is 242 g/mol. The summed E-state index contributed by atoms with van der Waals surface area (Å²) >= 11 is 5.79. The van der Waals surface area contributed by atoms with Gasteiger partial charge >= 0.3 is 6.09 Å². The number of anilines is 1. The minimum absolute atomic E-state index is 0.225. The van der Waals surface area contributed by atoms with Crippen LogP contribution in [-0.2, 0) is 0 Å². The molecule has 1 aliphatic rings. The number of nitrogens with two attached hydrogens (primary N) is 1. The van der Waals surface area contributed by atoms with Gasteiger partial charge in [0.05, 0.1) is 16.4 Å². The van der Waals surface area contributed by atoms with Crippen molar-refractivity contribution in [3.8, 4) is 0 Å². The van der Waals surface area contributed by atoms with E-state index in [1.807, 2.05) is 0 Å². The Hall–Kier alpha value is -1.49. The summed E-state index contributed by atoms with van der Waals surface area (Å²) in [6.07, 6.45) is 2.23. The Balaban J connectivity index is 2.08. The van der Waals surface area contributed by atoms with Crippen molar-refractivity contribution < 1.29 is 9.90 Å². The molecule has 0 radical (unpaired) electrons. The Morgan fingerprint density at radius 2 is 2.18 bits per heavy atom. The summed E-state index contributed by atoms with van der Waals surface area (Å²) in [6, 6.07) is 1.69. The Kier molecular flexibility index (Phi) is 3.38. The van der Waals surface area contributed by atoms with E-state index in [2.05, 4.69) is 4.98 Å². The van der Waals surface area contributed by atoms with E-state index in [0.717, 1.165) is 18.5 Å². The number of hydrogen-bond acceptors (Lipinski definition) is 3. The molecule has 0 spiro atoms. The van der Waals surface area contributed by atoms with Crippen LogP contribution in [-0.4, -0.2) is 34.2 Å². The van der Waals surface area contributed by atoms with Crippen LogP contribution < -0.4 is 5.73 Å². The van der Waals surface area contributed by atoms with E-state index < -0.39 is 6.09 Å². The van der Waals surface area contributed by atoms with Crippen LogP contribution in [0.4, 0.5) is 10.5 Å². The van der Waals surface area contributed by atoms with Crippen molar-refractivity contribution in [2.45, 2.75) is 18.8 Å². The van der Waals surface area contributed by atoms with Crippen LogP contribution in [0.25, 0.3) is 0 Å². The highest BCUT2D eigenvalue weighted by Crippen LogP contribution is 2.31. The van der Waals surface area contributed by atoms with Crippen molar-refractivity contribution in [2.75, 3.05) is 18.8 Å². The molecule has 1 fully saturated rings. The molecule has 17 heavy (non-hydrogen) atoms. The second-order valence-corrected chi connectivity index (χ2v) is 4.61. The average molecular weight is 256 g/mol. The monoisotopic (exact) mass is 255 g/mol. The first-order chi connectivity index (χ1) is 8.08. The fourth-order valence-corrected chi connectivity index (χ4v) is 2.32. The Morgan fingerprint density at radius 3 is 2.71 bits per heavy atom. The van der Waals surface area contributed by atoms with Crippen LogP contribution >= 0.6 is 11.6 Å². The molecule has 2 rings (SSSR count). The number of amides is 1. The number of halogens is 1.